The molecule has 2 aliphatic heterocycles. The van der Waals surface area contributed by atoms with Gasteiger partial charge < -0.3 is 14.4 Å². The van der Waals surface area contributed by atoms with Crippen LogP contribution < -0.4 is 26.2 Å². The third-order valence-corrected chi connectivity index (χ3v) is 23.8. The minimum atomic E-state index is -0.146. The molecule has 3 heterocycles. The standard InChI is InChI=1S/C96H92BN3/c1-91(2,3)70-38-28-64(29-39-70)69-58-88-90-89(59-69)99(72-42-32-63(33-43-72)67-35-46-79-81(56-67)96(13,14)53-51-94(79,9)10)87-60-73(100-84-27-21-19-25-75(84)76-54-65(36-48-85(76)100)61-22-16-15-17-23-61)44-47-82(87)97(90)83-57-68(74-24-18-20-26-77(74)92(4,5)6)37-49-86(83)98(88)71-40-30-62(31-41-71)66-34-45-78-80(55-66)95(11,12)52-50-93(78,7)8/h15-49,54-60H,50-53H2,1-14H3. The molecule has 0 N–H and O–H groups in total. The van der Waals surface area contributed by atoms with Gasteiger partial charge in [0.1, 0.15) is 0 Å². The van der Waals surface area contributed by atoms with Crippen molar-refractivity contribution in [3.05, 3.63) is 288 Å². The summed E-state index contributed by atoms with van der Waals surface area (Å²) >= 11 is 0. The Labute approximate surface area is 594 Å². The number of nitrogens with zero attached hydrogens (tertiary/aromatic N) is 3. The van der Waals surface area contributed by atoms with Crippen LogP contribution in [0.3, 0.4) is 0 Å². The Balaban J connectivity index is 0.925. The second kappa shape index (κ2) is 22.8. The van der Waals surface area contributed by atoms with Crippen molar-refractivity contribution >= 4 is 79.0 Å². The van der Waals surface area contributed by atoms with E-state index in [0.29, 0.717) is 0 Å². The second-order valence-corrected chi connectivity index (χ2v) is 34.3. The molecule has 100 heavy (non-hydrogen) atoms. The molecule has 0 unspecified atom stereocenters. The number of fused-ring (bicyclic) bond motifs is 9. The molecule has 17 rings (SSSR count). The molecule has 13 aromatic rings. The van der Waals surface area contributed by atoms with Gasteiger partial charge in [0, 0.05) is 50.6 Å². The van der Waals surface area contributed by atoms with Gasteiger partial charge in [-0.1, -0.05) is 279 Å². The molecule has 2 aliphatic carbocycles. The number of para-hydroxylation sites is 1. The molecule has 0 saturated carbocycles. The maximum absolute atomic E-state index is 2.63. The fourth-order valence-electron chi connectivity index (χ4n) is 17.8. The first-order chi connectivity index (χ1) is 47.8. The Hall–Kier alpha value is -9.90. The zero-order valence-corrected chi connectivity index (χ0v) is 61.0. The Morgan fingerprint density at radius 1 is 0.300 bits per heavy atom. The summed E-state index contributed by atoms with van der Waals surface area (Å²) in [6, 6.07) is 99.1. The molecule has 494 valence electrons. The third kappa shape index (κ3) is 10.4. The molecule has 12 aromatic carbocycles. The first-order valence-corrected chi connectivity index (χ1v) is 36.7. The van der Waals surface area contributed by atoms with Gasteiger partial charge in [0.15, 0.2) is 0 Å². The summed E-state index contributed by atoms with van der Waals surface area (Å²) in [7, 11) is 0. The summed E-state index contributed by atoms with van der Waals surface area (Å²) in [6.45, 7) is 33.3. The molecular formula is C96H92BN3. The third-order valence-electron chi connectivity index (χ3n) is 23.8. The van der Waals surface area contributed by atoms with Crippen LogP contribution in [0.1, 0.15) is 156 Å². The van der Waals surface area contributed by atoms with Crippen LogP contribution in [0.5, 0.6) is 0 Å². The number of aromatic nitrogens is 1. The van der Waals surface area contributed by atoms with Gasteiger partial charge in [-0.3, -0.25) is 0 Å². The molecule has 0 spiro atoms. The SMILES string of the molecule is CC(C)(C)c1ccc(-c2cc3c4c(c2)N(c2ccc(-c5ccc6c(c5)C(C)(C)CCC6(C)C)cc2)c2cc(-n5c6ccccc6c6cc(-c7ccccc7)ccc65)ccc2B4c2cc(-c4ccccc4C(C)(C)C)ccc2N3c2ccc(-c3ccc4c(c3)C(C)(C)CCC4(C)C)cc2)cc1. The van der Waals surface area contributed by atoms with Crippen molar-refractivity contribution in [3.63, 3.8) is 0 Å². The van der Waals surface area contributed by atoms with E-state index in [0.717, 1.165) is 17.1 Å². The topological polar surface area (TPSA) is 11.4 Å². The molecule has 4 aliphatic rings. The summed E-state index contributed by atoms with van der Waals surface area (Å²) in [5.41, 5.74) is 35.5. The van der Waals surface area contributed by atoms with E-state index in [1.807, 2.05) is 0 Å². The monoisotopic (exact) mass is 1300 g/mol. The zero-order valence-electron chi connectivity index (χ0n) is 61.0. The minimum Gasteiger partial charge on any atom is -0.311 e. The molecule has 0 bridgehead atoms. The first-order valence-electron chi connectivity index (χ1n) is 36.7. The quantitative estimate of drug-likeness (QED) is 0.141. The highest BCUT2D eigenvalue weighted by Crippen LogP contribution is 2.52. The van der Waals surface area contributed by atoms with E-state index in [1.54, 1.807) is 0 Å². The van der Waals surface area contributed by atoms with Crippen molar-refractivity contribution in [1.29, 1.82) is 0 Å². The zero-order chi connectivity index (χ0) is 69.2. The predicted octanol–water partition coefficient (Wildman–Crippen LogP) is 24.5. The summed E-state index contributed by atoms with van der Waals surface area (Å²) < 4.78 is 2.52. The van der Waals surface area contributed by atoms with E-state index in [9.17, 15) is 0 Å². The van der Waals surface area contributed by atoms with Gasteiger partial charge in [-0.05, 0) is 236 Å². The molecular weight excluding hydrogens is 1210 g/mol. The summed E-state index contributed by atoms with van der Waals surface area (Å²) in [6.07, 6.45) is 4.73. The summed E-state index contributed by atoms with van der Waals surface area (Å²) in [4.78, 5) is 5.25. The van der Waals surface area contributed by atoms with Gasteiger partial charge in [0.25, 0.3) is 6.71 Å². The second-order valence-electron chi connectivity index (χ2n) is 34.3. The number of rotatable bonds is 8. The molecule has 0 amide bonds. The molecule has 0 fully saturated rings. The molecule has 0 saturated heterocycles. The van der Waals surface area contributed by atoms with Crippen LogP contribution in [0, 0.1) is 0 Å². The van der Waals surface area contributed by atoms with E-state index in [2.05, 4.69) is 366 Å². The predicted molar refractivity (Wildman–Crippen MR) is 430 cm³/mol. The van der Waals surface area contributed by atoms with E-state index < -0.39 is 0 Å². The maximum atomic E-state index is 2.63. The first kappa shape index (κ1) is 63.5. The van der Waals surface area contributed by atoms with E-state index in [-0.39, 0.29) is 39.2 Å². The van der Waals surface area contributed by atoms with Crippen molar-refractivity contribution in [2.24, 2.45) is 0 Å². The number of benzene rings is 12. The van der Waals surface area contributed by atoms with E-state index >= 15 is 0 Å². The van der Waals surface area contributed by atoms with Crippen molar-refractivity contribution in [2.45, 2.75) is 155 Å². The maximum Gasteiger partial charge on any atom is 0.252 e. The highest BCUT2D eigenvalue weighted by atomic mass is 15.2. The van der Waals surface area contributed by atoms with Crippen LogP contribution in [0.25, 0.3) is 83.1 Å². The fraction of sp³-hybridized carbons (Fsp3) is 0.250. The Kier molecular flexibility index (Phi) is 14.5. The van der Waals surface area contributed by atoms with Crippen LogP contribution in [0.2, 0.25) is 0 Å². The van der Waals surface area contributed by atoms with Crippen LogP contribution in [-0.2, 0) is 32.5 Å². The van der Waals surface area contributed by atoms with Crippen LogP contribution in [-0.4, -0.2) is 11.3 Å². The van der Waals surface area contributed by atoms with Gasteiger partial charge in [0.2, 0.25) is 0 Å². The highest BCUT2D eigenvalue weighted by molar-refractivity contribution is 7.00. The van der Waals surface area contributed by atoms with Crippen molar-refractivity contribution in [1.82, 2.24) is 4.57 Å². The molecule has 0 radical (unpaired) electrons. The summed E-state index contributed by atoms with van der Waals surface area (Å²) in [5.74, 6) is 0. The number of anilines is 6. The summed E-state index contributed by atoms with van der Waals surface area (Å²) in [5, 5.41) is 2.47. The lowest BCUT2D eigenvalue weighted by atomic mass is 9.33. The minimum absolute atomic E-state index is 0.00472. The average Bonchev–Trinajstić information content (AvgIpc) is 0.701. The van der Waals surface area contributed by atoms with Crippen molar-refractivity contribution in [3.8, 4) is 61.3 Å². The van der Waals surface area contributed by atoms with Gasteiger partial charge in [0.05, 0.1) is 11.0 Å². The number of hydrogen-bond acceptors (Lipinski definition) is 2. The lowest BCUT2D eigenvalue weighted by Crippen LogP contribution is -2.61. The average molecular weight is 1300 g/mol. The normalized spacial score (nSPS) is 16.2. The van der Waals surface area contributed by atoms with Crippen molar-refractivity contribution in [2.75, 3.05) is 9.80 Å². The highest BCUT2D eigenvalue weighted by Gasteiger charge is 2.45. The van der Waals surface area contributed by atoms with Crippen molar-refractivity contribution < 1.29 is 0 Å². The lowest BCUT2D eigenvalue weighted by molar-refractivity contribution is 0.332. The van der Waals surface area contributed by atoms with Gasteiger partial charge in [-0.2, -0.15) is 0 Å². The Morgan fingerprint density at radius 2 is 0.760 bits per heavy atom. The van der Waals surface area contributed by atoms with Crippen LogP contribution >= 0.6 is 0 Å². The Morgan fingerprint density at radius 3 is 1.35 bits per heavy atom. The van der Waals surface area contributed by atoms with E-state index in [1.165, 1.54) is 176 Å². The molecule has 1 aromatic heterocycles. The molecule has 3 nitrogen and oxygen atoms in total. The molecule has 0 atom stereocenters. The van der Waals surface area contributed by atoms with Crippen LogP contribution in [0.15, 0.2) is 255 Å². The van der Waals surface area contributed by atoms with Crippen LogP contribution in [0.4, 0.5) is 34.1 Å². The largest absolute Gasteiger partial charge is 0.311 e. The Bertz CT molecular complexity index is 5430. The van der Waals surface area contributed by atoms with Gasteiger partial charge in [-0.25, -0.2) is 0 Å². The van der Waals surface area contributed by atoms with Gasteiger partial charge >= 0.3 is 0 Å². The number of hydrogen-bond donors (Lipinski definition) is 0. The lowest BCUT2D eigenvalue weighted by Gasteiger charge is -2.45. The van der Waals surface area contributed by atoms with E-state index in [4.69, 9.17) is 0 Å². The smallest absolute Gasteiger partial charge is 0.252 e. The van der Waals surface area contributed by atoms with Gasteiger partial charge in [-0.15, -0.1) is 0 Å². The molecule has 4 heteroatoms. The fourth-order valence-corrected chi connectivity index (χ4v) is 17.8.